The maximum absolute atomic E-state index is 11.4. The molecule has 1 aromatic heterocycles. The van der Waals surface area contributed by atoms with E-state index in [-0.39, 0.29) is 0 Å². The highest BCUT2D eigenvalue weighted by atomic mass is 32.2. The molecule has 0 fully saturated rings. The number of carboxylic acids is 1. The molecule has 0 aliphatic carbocycles. The van der Waals surface area contributed by atoms with Crippen LogP contribution in [-0.2, 0) is 16.1 Å². The fourth-order valence-electron chi connectivity index (χ4n) is 3.22. The Bertz CT molecular complexity index is 1050. The number of benzene rings is 2. The third kappa shape index (κ3) is 7.92. The highest BCUT2D eigenvalue weighted by molar-refractivity contribution is 8.00. The molecule has 34 heavy (non-hydrogen) atoms. The SMILES string of the molecule is CCCSC(Cc1ccc(OCCO/N=C(/C)c2ccc(-c3ccccn3)cc2)cc1)C(=O)O. The maximum atomic E-state index is 11.4. The summed E-state index contributed by atoms with van der Waals surface area (Å²) in [5.74, 6) is 0.790. The van der Waals surface area contributed by atoms with Gasteiger partial charge >= 0.3 is 5.97 Å². The molecule has 0 amide bonds. The Labute approximate surface area is 205 Å². The minimum Gasteiger partial charge on any atom is -0.490 e. The molecular weight excluding hydrogens is 448 g/mol. The number of oxime groups is 1. The van der Waals surface area contributed by atoms with Gasteiger partial charge in [-0.05, 0) is 60.9 Å². The molecule has 0 radical (unpaired) electrons. The van der Waals surface area contributed by atoms with Crippen molar-refractivity contribution >= 4 is 23.4 Å². The first-order valence-corrected chi connectivity index (χ1v) is 12.4. The Morgan fingerprint density at radius 3 is 2.47 bits per heavy atom. The topological polar surface area (TPSA) is 81.0 Å². The third-order valence-electron chi connectivity index (χ3n) is 5.05. The van der Waals surface area contributed by atoms with Gasteiger partial charge in [0.05, 0.1) is 11.4 Å². The van der Waals surface area contributed by atoms with Gasteiger partial charge in [-0.1, -0.05) is 54.5 Å². The van der Waals surface area contributed by atoms with Crippen LogP contribution >= 0.6 is 11.8 Å². The Morgan fingerprint density at radius 1 is 1.06 bits per heavy atom. The maximum Gasteiger partial charge on any atom is 0.316 e. The van der Waals surface area contributed by atoms with Crippen LogP contribution in [0.1, 0.15) is 31.4 Å². The summed E-state index contributed by atoms with van der Waals surface area (Å²) in [5.41, 5.74) is 4.73. The van der Waals surface area contributed by atoms with Gasteiger partial charge in [0, 0.05) is 11.8 Å². The van der Waals surface area contributed by atoms with E-state index in [9.17, 15) is 9.90 Å². The van der Waals surface area contributed by atoms with Crippen LogP contribution in [0.5, 0.6) is 5.75 Å². The lowest BCUT2D eigenvalue weighted by Gasteiger charge is -2.12. The quantitative estimate of drug-likeness (QED) is 0.193. The number of pyridine rings is 1. The van der Waals surface area contributed by atoms with Gasteiger partial charge in [0.1, 0.15) is 17.6 Å². The summed E-state index contributed by atoms with van der Waals surface area (Å²) in [4.78, 5) is 21.2. The van der Waals surface area contributed by atoms with E-state index >= 15 is 0 Å². The molecule has 1 atom stereocenters. The molecule has 2 aromatic carbocycles. The predicted octanol–water partition coefficient (Wildman–Crippen LogP) is 5.71. The van der Waals surface area contributed by atoms with Gasteiger partial charge < -0.3 is 14.7 Å². The van der Waals surface area contributed by atoms with Crippen molar-refractivity contribution in [1.82, 2.24) is 4.98 Å². The summed E-state index contributed by atoms with van der Waals surface area (Å²) >= 11 is 1.49. The number of nitrogens with zero attached hydrogens (tertiary/aromatic N) is 2. The zero-order chi connectivity index (χ0) is 24.2. The molecule has 0 saturated heterocycles. The summed E-state index contributed by atoms with van der Waals surface area (Å²) in [6.45, 7) is 4.63. The number of carboxylic acid groups (broad SMARTS) is 1. The summed E-state index contributed by atoms with van der Waals surface area (Å²) in [7, 11) is 0. The molecule has 0 spiro atoms. The van der Waals surface area contributed by atoms with Crippen LogP contribution in [-0.4, -0.2) is 46.0 Å². The van der Waals surface area contributed by atoms with Gasteiger partial charge in [0.2, 0.25) is 0 Å². The van der Waals surface area contributed by atoms with Crippen LogP contribution < -0.4 is 4.74 Å². The number of ether oxygens (including phenoxy) is 1. The predicted molar refractivity (Wildman–Crippen MR) is 138 cm³/mol. The number of thioether (sulfide) groups is 1. The Balaban J connectivity index is 1.42. The van der Waals surface area contributed by atoms with Crippen molar-refractivity contribution in [2.45, 2.75) is 31.9 Å². The number of hydrogen-bond acceptors (Lipinski definition) is 6. The second-order valence-corrected chi connectivity index (χ2v) is 9.01. The molecule has 0 saturated carbocycles. The van der Waals surface area contributed by atoms with E-state index in [0.29, 0.717) is 25.4 Å². The van der Waals surface area contributed by atoms with Crippen LogP contribution in [0.25, 0.3) is 11.3 Å². The van der Waals surface area contributed by atoms with Crippen LogP contribution in [0.3, 0.4) is 0 Å². The number of aliphatic carboxylic acids is 1. The normalized spacial score (nSPS) is 12.2. The lowest BCUT2D eigenvalue weighted by molar-refractivity contribution is -0.136. The van der Waals surface area contributed by atoms with Crippen molar-refractivity contribution in [3.05, 3.63) is 84.1 Å². The van der Waals surface area contributed by atoms with E-state index in [1.807, 2.05) is 73.7 Å². The highest BCUT2D eigenvalue weighted by Crippen LogP contribution is 2.20. The average molecular weight is 479 g/mol. The number of aromatic nitrogens is 1. The standard InChI is InChI=1S/C27H30N2O4S/c1-3-18-34-26(27(30)31)19-21-7-13-24(14-8-21)32-16-17-33-29-20(2)22-9-11-23(12-10-22)25-6-4-5-15-28-25/h4-15,26H,3,16-19H2,1-2H3,(H,30,31)/b29-20-. The second kappa shape index (κ2) is 13.4. The van der Waals surface area contributed by atoms with E-state index in [1.165, 1.54) is 11.8 Å². The smallest absolute Gasteiger partial charge is 0.316 e. The molecule has 0 aliphatic heterocycles. The third-order valence-corrected chi connectivity index (χ3v) is 6.47. The number of rotatable bonds is 13. The molecule has 6 nitrogen and oxygen atoms in total. The van der Waals surface area contributed by atoms with Crippen molar-refractivity contribution in [2.75, 3.05) is 19.0 Å². The van der Waals surface area contributed by atoms with Crippen LogP contribution in [0.2, 0.25) is 0 Å². The van der Waals surface area contributed by atoms with Crippen molar-refractivity contribution in [3.8, 4) is 17.0 Å². The Kier molecular flexibility index (Phi) is 9.98. The fourth-order valence-corrected chi connectivity index (χ4v) is 4.19. The lowest BCUT2D eigenvalue weighted by atomic mass is 10.1. The molecule has 1 heterocycles. The molecule has 3 rings (SSSR count). The summed E-state index contributed by atoms with van der Waals surface area (Å²) in [6.07, 6.45) is 3.24. The van der Waals surface area contributed by atoms with Gasteiger partial charge in [-0.15, -0.1) is 11.8 Å². The number of hydrogen-bond donors (Lipinski definition) is 1. The molecule has 0 aliphatic rings. The largest absolute Gasteiger partial charge is 0.490 e. The Morgan fingerprint density at radius 2 is 1.82 bits per heavy atom. The molecule has 0 bridgehead atoms. The van der Waals surface area contributed by atoms with E-state index < -0.39 is 11.2 Å². The van der Waals surface area contributed by atoms with E-state index in [0.717, 1.165) is 40.3 Å². The van der Waals surface area contributed by atoms with Crippen molar-refractivity contribution in [2.24, 2.45) is 5.16 Å². The van der Waals surface area contributed by atoms with Crippen molar-refractivity contribution < 1.29 is 19.5 Å². The van der Waals surface area contributed by atoms with Crippen LogP contribution in [0.15, 0.2) is 78.1 Å². The average Bonchev–Trinajstić information content (AvgIpc) is 2.87. The van der Waals surface area contributed by atoms with Gasteiger partial charge in [-0.2, -0.15) is 0 Å². The van der Waals surface area contributed by atoms with Gasteiger partial charge in [-0.3, -0.25) is 9.78 Å². The van der Waals surface area contributed by atoms with Gasteiger partial charge in [-0.25, -0.2) is 0 Å². The van der Waals surface area contributed by atoms with Crippen LogP contribution in [0, 0.1) is 0 Å². The first-order chi connectivity index (χ1) is 16.6. The second-order valence-electron chi connectivity index (χ2n) is 7.70. The molecule has 1 N–H and O–H groups in total. The Hall–Kier alpha value is -3.32. The van der Waals surface area contributed by atoms with Crippen molar-refractivity contribution in [3.63, 3.8) is 0 Å². The van der Waals surface area contributed by atoms with Crippen molar-refractivity contribution in [1.29, 1.82) is 0 Å². The first-order valence-electron chi connectivity index (χ1n) is 11.3. The summed E-state index contributed by atoms with van der Waals surface area (Å²) in [5, 5.41) is 13.1. The fraction of sp³-hybridized carbons (Fsp3) is 0.296. The molecule has 1 unspecified atom stereocenters. The molecular formula is C27H30N2O4S. The minimum absolute atomic E-state index is 0.319. The van der Waals surface area contributed by atoms with E-state index in [2.05, 4.69) is 17.1 Å². The van der Waals surface area contributed by atoms with E-state index in [4.69, 9.17) is 9.57 Å². The molecule has 3 aromatic rings. The lowest BCUT2D eigenvalue weighted by Crippen LogP contribution is -2.19. The van der Waals surface area contributed by atoms with Crippen LogP contribution in [0.4, 0.5) is 0 Å². The minimum atomic E-state index is -0.768. The summed E-state index contributed by atoms with van der Waals surface area (Å²) in [6, 6.07) is 21.4. The van der Waals surface area contributed by atoms with Gasteiger partial charge in [0.25, 0.3) is 0 Å². The monoisotopic (exact) mass is 478 g/mol. The number of carbonyl (C=O) groups is 1. The first kappa shape index (κ1) is 25.3. The highest BCUT2D eigenvalue weighted by Gasteiger charge is 2.18. The van der Waals surface area contributed by atoms with Gasteiger partial charge in [0.15, 0.2) is 6.61 Å². The molecule has 178 valence electrons. The zero-order valence-corrected chi connectivity index (χ0v) is 20.3. The molecule has 7 heteroatoms. The summed E-state index contributed by atoms with van der Waals surface area (Å²) < 4.78 is 5.71. The zero-order valence-electron chi connectivity index (χ0n) is 19.5. The van der Waals surface area contributed by atoms with E-state index in [1.54, 1.807) is 6.20 Å².